The van der Waals surface area contributed by atoms with Crippen LogP contribution in [-0.4, -0.2) is 26.2 Å². The lowest BCUT2D eigenvalue weighted by atomic mass is 10.00. The van der Waals surface area contributed by atoms with Gasteiger partial charge in [-0.1, -0.05) is 39.2 Å². The normalized spacial score (nSPS) is 12.4. The van der Waals surface area contributed by atoms with Gasteiger partial charge in [-0.25, -0.2) is 4.79 Å². The van der Waals surface area contributed by atoms with Crippen molar-refractivity contribution in [2.24, 2.45) is 5.92 Å². The van der Waals surface area contributed by atoms with E-state index in [1.165, 1.54) is 38.5 Å². The number of aryl methyl sites for hydroxylation is 1. The number of benzene rings is 1. The maximum Gasteiger partial charge on any atom is 0.348 e. The fraction of sp³-hybridized carbons (Fsp3) is 0.545. The molecule has 4 heteroatoms. The third kappa shape index (κ3) is 6.55. The first kappa shape index (κ1) is 21.8. The van der Waals surface area contributed by atoms with Gasteiger partial charge in [0.25, 0.3) is 0 Å². The van der Waals surface area contributed by atoms with Crippen LogP contribution in [0, 0.1) is 24.2 Å². The van der Waals surface area contributed by atoms with Crippen LogP contribution in [0.4, 0.5) is 5.69 Å². The van der Waals surface area contributed by atoms with Crippen LogP contribution in [-0.2, 0) is 9.53 Å². The standard InChI is InChI=1S/C22H32N2O2/c1-6-8-9-17(3)12-13-24(7-2)21-11-10-19(18(4)14-21)15-20(16-23)22(25)26-5/h10-11,14-15,17H,6-9,12-13H2,1-5H3. The largest absolute Gasteiger partial charge is 0.465 e. The molecule has 0 aliphatic carbocycles. The Morgan fingerprint density at radius 2 is 2.08 bits per heavy atom. The van der Waals surface area contributed by atoms with E-state index in [0.717, 1.165) is 30.1 Å². The van der Waals surface area contributed by atoms with E-state index in [9.17, 15) is 4.79 Å². The van der Waals surface area contributed by atoms with Crippen LogP contribution in [0.15, 0.2) is 23.8 Å². The average molecular weight is 357 g/mol. The summed E-state index contributed by atoms with van der Waals surface area (Å²) in [7, 11) is 1.28. The second kappa shape index (κ2) is 11.4. The maximum atomic E-state index is 11.6. The summed E-state index contributed by atoms with van der Waals surface area (Å²) < 4.78 is 4.64. The Labute approximate surface area is 158 Å². The Bertz CT molecular complexity index is 659. The number of nitrogens with zero attached hydrogens (tertiary/aromatic N) is 2. The highest BCUT2D eigenvalue weighted by molar-refractivity contribution is 5.98. The van der Waals surface area contributed by atoms with Crippen molar-refractivity contribution < 1.29 is 9.53 Å². The summed E-state index contributed by atoms with van der Waals surface area (Å²) in [6.45, 7) is 10.7. The Kier molecular flexibility index (Phi) is 9.51. The fourth-order valence-corrected chi connectivity index (χ4v) is 2.96. The van der Waals surface area contributed by atoms with Gasteiger partial charge >= 0.3 is 5.97 Å². The molecule has 1 unspecified atom stereocenters. The van der Waals surface area contributed by atoms with E-state index in [0.29, 0.717) is 0 Å². The molecule has 0 aromatic heterocycles. The van der Waals surface area contributed by atoms with Crippen LogP contribution in [0.1, 0.15) is 57.6 Å². The number of rotatable bonds is 10. The van der Waals surface area contributed by atoms with Crippen molar-refractivity contribution in [1.29, 1.82) is 5.26 Å². The predicted molar refractivity (Wildman–Crippen MR) is 108 cm³/mol. The van der Waals surface area contributed by atoms with E-state index in [1.54, 1.807) is 6.08 Å². The predicted octanol–water partition coefficient (Wildman–Crippen LogP) is 5.12. The number of esters is 1. The topological polar surface area (TPSA) is 53.3 Å². The SMILES string of the molecule is CCCCC(C)CCN(CC)c1ccc(C=C(C#N)C(=O)OC)c(C)c1. The summed E-state index contributed by atoms with van der Waals surface area (Å²) in [5, 5.41) is 9.12. The lowest BCUT2D eigenvalue weighted by Gasteiger charge is -2.25. The van der Waals surface area contributed by atoms with Gasteiger partial charge in [0.05, 0.1) is 7.11 Å². The molecular weight excluding hydrogens is 324 g/mol. The van der Waals surface area contributed by atoms with Crippen LogP contribution >= 0.6 is 0 Å². The highest BCUT2D eigenvalue weighted by atomic mass is 16.5. The fourth-order valence-electron chi connectivity index (χ4n) is 2.96. The molecule has 26 heavy (non-hydrogen) atoms. The van der Waals surface area contributed by atoms with Gasteiger partial charge in [-0.2, -0.15) is 5.26 Å². The summed E-state index contributed by atoms with van der Waals surface area (Å²) in [6.07, 6.45) is 6.63. The smallest absolute Gasteiger partial charge is 0.348 e. The number of methoxy groups -OCH3 is 1. The second-order valence-corrected chi connectivity index (χ2v) is 6.82. The number of anilines is 1. The molecule has 0 radical (unpaired) electrons. The van der Waals surface area contributed by atoms with E-state index in [2.05, 4.69) is 42.5 Å². The Morgan fingerprint density at radius 3 is 2.62 bits per heavy atom. The number of carbonyl (C=O) groups excluding carboxylic acids is 1. The van der Waals surface area contributed by atoms with Crippen molar-refractivity contribution in [2.75, 3.05) is 25.1 Å². The summed E-state index contributed by atoms with van der Waals surface area (Å²) in [5.41, 5.74) is 3.10. The van der Waals surface area contributed by atoms with Crippen molar-refractivity contribution >= 4 is 17.7 Å². The molecule has 0 aliphatic heterocycles. The summed E-state index contributed by atoms with van der Waals surface area (Å²) in [5.74, 6) is 0.137. The first-order valence-electron chi connectivity index (χ1n) is 9.52. The molecule has 1 atom stereocenters. The van der Waals surface area contributed by atoms with Crippen LogP contribution < -0.4 is 4.90 Å². The monoisotopic (exact) mass is 356 g/mol. The molecule has 0 saturated heterocycles. The number of ether oxygens (including phenoxy) is 1. The summed E-state index contributed by atoms with van der Waals surface area (Å²) in [6, 6.07) is 8.05. The zero-order valence-corrected chi connectivity index (χ0v) is 16.8. The van der Waals surface area contributed by atoms with Crippen LogP contribution in [0.25, 0.3) is 6.08 Å². The van der Waals surface area contributed by atoms with Gasteiger partial charge in [0.1, 0.15) is 11.6 Å². The molecule has 0 N–H and O–H groups in total. The van der Waals surface area contributed by atoms with Crippen LogP contribution in [0.2, 0.25) is 0 Å². The minimum absolute atomic E-state index is 0.0143. The summed E-state index contributed by atoms with van der Waals surface area (Å²) >= 11 is 0. The minimum atomic E-state index is -0.604. The van der Waals surface area contributed by atoms with Gasteiger partial charge in [0.15, 0.2) is 0 Å². The zero-order valence-electron chi connectivity index (χ0n) is 16.8. The molecule has 1 aromatic carbocycles. The van der Waals surface area contributed by atoms with Crippen molar-refractivity contribution in [2.45, 2.75) is 53.4 Å². The second-order valence-electron chi connectivity index (χ2n) is 6.82. The Hall–Kier alpha value is -2.28. The van der Waals surface area contributed by atoms with Gasteiger partial charge in [0, 0.05) is 18.8 Å². The number of nitriles is 1. The third-order valence-corrected chi connectivity index (χ3v) is 4.77. The number of hydrogen-bond acceptors (Lipinski definition) is 4. The average Bonchev–Trinajstić information content (AvgIpc) is 2.65. The molecule has 0 saturated carbocycles. The van der Waals surface area contributed by atoms with Crippen molar-refractivity contribution in [3.63, 3.8) is 0 Å². The van der Waals surface area contributed by atoms with Gasteiger partial charge in [-0.15, -0.1) is 0 Å². The third-order valence-electron chi connectivity index (χ3n) is 4.77. The van der Waals surface area contributed by atoms with Crippen molar-refractivity contribution in [3.05, 3.63) is 34.9 Å². The maximum absolute atomic E-state index is 11.6. The minimum Gasteiger partial charge on any atom is -0.465 e. The highest BCUT2D eigenvalue weighted by Crippen LogP contribution is 2.23. The van der Waals surface area contributed by atoms with Gasteiger partial charge in [-0.05, 0) is 55.5 Å². The molecule has 1 aromatic rings. The van der Waals surface area contributed by atoms with Crippen molar-refractivity contribution in [3.8, 4) is 6.07 Å². The van der Waals surface area contributed by atoms with E-state index >= 15 is 0 Å². The van der Waals surface area contributed by atoms with Crippen molar-refractivity contribution in [1.82, 2.24) is 0 Å². The number of carbonyl (C=O) groups is 1. The molecule has 0 aliphatic rings. The number of hydrogen-bond donors (Lipinski definition) is 0. The molecule has 4 nitrogen and oxygen atoms in total. The lowest BCUT2D eigenvalue weighted by molar-refractivity contribution is -0.135. The molecule has 0 spiro atoms. The Morgan fingerprint density at radius 1 is 1.35 bits per heavy atom. The molecule has 0 fully saturated rings. The molecule has 0 bridgehead atoms. The van der Waals surface area contributed by atoms with E-state index < -0.39 is 5.97 Å². The molecule has 0 heterocycles. The van der Waals surface area contributed by atoms with Gasteiger partial charge in [-0.3, -0.25) is 0 Å². The first-order valence-corrected chi connectivity index (χ1v) is 9.52. The first-order chi connectivity index (χ1) is 12.5. The zero-order chi connectivity index (χ0) is 19.5. The van der Waals surface area contributed by atoms with Crippen LogP contribution in [0.3, 0.4) is 0 Å². The van der Waals surface area contributed by atoms with Gasteiger partial charge in [0.2, 0.25) is 0 Å². The van der Waals surface area contributed by atoms with E-state index in [-0.39, 0.29) is 5.57 Å². The summed E-state index contributed by atoms with van der Waals surface area (Å²) in [4.78, 5) is 14.0. The molecule has 0 amide bonds. The van der Waals surface area contributed by atoms with Gasteiger partial charge < -0.3 is 9.64 Å². The molecule has 142 valence electrons. The molecular formula is C22H32N2O2. The lowest BCUT2D eigenvalue weighted by Crippen LogP contribution is -2.25. The van der Waals surface area contributed by atoms with Crippen LogP contribution in [0.5, 0.6) is 0 Å². The van der Waals surface area contributed by atoms with E-state index in [4.69, 9.17) is 5.26 Å². The van der Waals surface area contributed by atoms with E-state index in [1.807, 2.05) is 19.1 Å². The highest BCUT2D eigenvalue weighted by Gasteiger charge is 2.11. The Balaban J connectivity index is 2.88. The molecule has 1 rings (SSSR count). The quantitative estimate of drug-likeness (QED) is 0.332. The number of unbranched alkanes of at least 4 members (excludes halogenated alkanes) is 1.